The third-order valence-corrected chi connectivity index (χ3v) is 6.76. The number of carboxylic acids is 1. The molecule has 0 radical (unpaired) electrons. The van der Waals surface area contributed by atoms with E-state index in [-0.39, 0.29) is 6.42 Å². The first-order chi connectivity index (χ1) is 15.9. The molecule has 1 aromatic heterocycles. The van der Waals surface area contributed by atoms with Crippen LogP contribution in [0.25, 0.3) is 31.9 Å². The van der Waals surface area contributed by atoms with Crippen LogP contribution in [-0.4, -0.2) is 28.8 Å². The highest BCUT2D eigenvalue weighted by atomic mass is 35.5. The molecule has 0 unspecified atom stereocenters. The van der Waals surface area contributed by atoms with Crippen molar-refractivity contribution in [2.75, 3.05) is 7.05 Å². The molecule has 0 aliphatic carbocycles. The average Bonchev–Trinajstić information content (AvgIpc) is 3.22. The maximum absolute atomic E-state index is 11.6. The minimum absolute atomic E-state index is 0.0653. The normalized spacial score (nSPS) is 12.0. The SMILES string of the molecule is CN=C(C=CN)c1cccc(-c2nc3cc(C)c(CC(=O)O)c(-c4ccc(Cl)cc4)c3s2)c1. The number of nitrogens with two attached hydrogens (primary N) is 1. The zero-order valence-corrected chi connectivity index (χ0v) is 19.7. The average molecular weight is 476 g/mol. The van der Waals surface area contributed by atoms with Gasteiger partial charge in [-0.2, -0.15) is 0 Å². The number of thiazole rings is 1. The number of hydrogen-bond acceptors (Lipinski definition) is 5. The van der Waals surface area contributed by atoms with E-state index in [2.05, 4.69) is 4.99 Å². The molecular formula is C26H22ClN3O2S. The first-order valence-electron chi connectivity index (χ1n) is 10.3. The summed E-state index contributed by atoms with van der Waals surface area (Å²) in [4.78, 5) is 20.9. The second-order valence-electron chi connectivity index (χ2n) is 7.54. The lowest BCUT2D eigenvalue weighted by atomic mass is 9.93. The Balaban J connectivity index is 1.93. The molecule has 0 bridgehead atoms. The van der Waals surface area contributed by atoms with Crippen LogP contribution in [0.2, 0.25) is 5.02 Å². The van der Waals surface area contributed by atoms with E-state index >= 15 is 0 Å². The molecule has 0 fully saturated rings. The summed E-state index contributed by atoms with van der Waals surface area (Å²) < 4.78 is 0.950. The molecule has 0 atom stereocenters. The molecular weight excluding hydrogens is 454 g/mol. The molecule has 0 amide bonds. The van der Waals surface area contributed by atoms with Crippen LogP contribution in [-0.2, 0) is 11.2 Å². The Morgan fingerprint density at radius 2 is 1.94 bits per heavy atom. The van der Waals surface area contributed by atoms with Gasteiger partial charge in [0.1, 0.15) is 5.01 Å². The topological polar surface area (TPSA) is 88.6 Å². The minimum atomic E-state index is -0.871. The van der Waals surface area contributed by atoms with Gasteiger partial charge in [-0.3, -0.25) is 9.79 Å². The van der Waals surface area contributed by atoms with Crippen LogP contribution in [0.15, 0.2) is 71.9 Å². The van der Waals surface area contributed by atoms with Crippen molar-refractivity contribution < 1.29 is 9.90 Å². The van der Waals surface area contributed by atoms with Gasteiger partial charge in [0.05, 0.1) is 22.3 Å². The molecule has 3 N–H and O–H groups in total. The summed E-state index contributed by atoms with van der Waals surface area (Å²) in [5.41, 5.74) is 12.6. The highest BCUT2D eigenvalue weighted by molar-refractivity contribution is 7.22. The van der Waals surface area contributed by atoms with Gasteiger partial charge in [0, 0.05) is 28.8 Å². The third-order valence-electron chi connectivity index (χ3n) is 5.37. The molecule has 4 rings (SSSR count). The van der Waals surface area contributed by atoms with Gasteiger partial charge in [-0.1, -0.05) is 41.9 Å². The minimum Gasteiger partial charge on any atom is -0.481 e. The van der Waals surface area contributed by atoms with Gasteiger partial charge >= 0.3 is 5.97 Å². The van der Waals surface area contributed by atoms with Gasteiger partial charge in [-0.15, -0.1) is 11.3 Å². The van der Waals surface area contributed by atoms with Crippen molar-refractivity contribution in [1.82, 2.24) is 4.98 Å². The molecule has 4 aromatic rings. The highest BCUT2D eigenvalue weighted by Gasteiger charge is 2.19. The van der Waals surface area contributed by atoms with Crippen molar-refractivity contribution in [1.29, 1.82) is 0 Å². The number of carbonyl (C=O) groups is 1. The second kappa shape index (κ2) is 9.57. The quantitative estimate of drug-likeness (QED) is 0.329. The van der Waals surface area contributed by atoms with Gasteiger partial charge in [-0.25, -0.2) is 4.98 Å². The fourth-order valence-corrected chi connectivity index (χ4v) is 5.12. The molecule has 3 aromatic carbocycles. The van der Waals surface area contributed by atoms with E-state index in [4.69, 9.17) is 22.3 Å². The Morgan fingerprint density at radius 3 is 2.61 bits per heavy atom. The maximum atomic E-state index is 11.6. The van der Waals surface area contributed by atoms with Crippen LogP contribution in [0.3, 0.4) is 0 Å². The number of rotatable bonds is 6. The Labute approximate surface area is 200 Å². The van der Waals surface area contributed by atoms with Crippen molar-refractivity contribution in [3.63, 3.8) is 0 Å². The monoisotopic (exact) mass is 475 g/mol. The molecule has 1 heterocycles. The molecule has 0 aliphatic heterocycles. The Morgan fingerprint density at radius 1 is 1.18 bits per heavy atom. The van der Waals surface area contributed by atoms with E-state index in [1.54, 1.807) is 24.5 Å². The molecule has 5 nitrogen and oxygen atoms in total. The number of aliphatic imine (C=N–C) groups is 1. The molecule has 0 spiro atoms. The van der Waals surface area contributed by atoms with Crippen molar-refractivity contribution in [2.24, 2.45) is 10.7 Å². The van der Waals surface area contributed by atoms with Gasteiger partial charge in [-0.05, 0) is 60.2 Å². The fraction of sp³-hybridized carbons (Fsp3) is 0.115. The number of aryl methyl sites for hydroxylation is 1. The molecule has 33 heavy (non-hydrogen) atoms. The maximum Gasteiger partial charge on any atom is 0.307 e. The number of halogens is 1. The predicted octanol–water partition coefficient (Wildman–Crippen LogP) is 6.11. The zero-order chi connectivity index (χ0) is 23.5. The molecule has 0 saturated carbocycles. The summed E-state index contributed by atoms with van der Waals surface area (Å²) in [5, 5.41) is 11.0. The van der Waals surface area contributed by atoms with Crippen molar-refractivity contribution in [3.05, 3.63) is 88.6 Å². The van der Waals surface area contributed by atoms with Crippen LogP contribution in [0.5, 0.6) is 0 Å². The summed E-state index contributed by atoms with van der Waals surface area (Å²) in [6.45, 7) is 1.93. The first-order valence-corrected chi connectivity index (χ1v) is 11.5. The number of benzene rings is 3. The largest absolute Gasteiger partial charge is 0.481 e. The van der Waals surface area contributed by atoms with E-state index in [1.807, 2.05) is 61.5 Å². The Bertz CT molecular complexity index is 1410. The van der Waals surface area contributed by atoms with E-state index in [1.165, 1.54) is 6.20 Å². The van der Waals surface area contributed by atoms with Crippen molar-refractivity contribution >= 4 is 44.8 Å². The molecule has 166 valence electrons. The summed E-state index contributed by atoms with van der Waals surface area (Å²) >= 11 is 7.65. The van der Waals surface area contributed by atoms with Crippen LogP contribution < -0.4 is 5.73 Å². The number of aliphatic carboxylic acids is 1. The van der Waals surface area contributed by atoms with E-state index in [0.29, 0.717) is 5.02 Å². The van der Waals surface area contributed by atoms with Crippen molar-refractivity contribution in [3.8, 4) is 21.7 Å². The lowest BCUT2D eigenvalue weighted by molar-refractivity contribution is -0.136. The van der Waals surface area contributed by atoms with E-state index in [0.717, 1.165) is 54.3 Å². The van der Waals surface area contributed by atoms with Crippen LogP contribution in [0.4, 0.5) is 0 Å². The highest BCUT2D eigenvalue weighted by Crippen LogP contribution is 2.41. The number of allylic oxidation sites excluding steroid dienone is 1. The third kappa shape index (κ3) is 4.67. The number of carboxylic acid groups (broad SMARTS) is 1. The number of nitrogens with zero attached hydrogens (tertiary/aromatic N) is 2. The molecule has 0 saturated heterocycles. The number of fused-ring (bicyclic) bond motifs is 1. The fourth-order valence-electron chi connectivity index (χ4n) is 3.86. The van der Waals surface area contributed by atoms with Crippen LogP contribution >= 0.6 is 22.9 Å². The smallest absolute Gasteiger partial charge is 0.307 e. The summed E-state index contributed by atoms with van der Waals surface area (Å²) in [5.74, 6) is -0.871. The molecule has 7 heteroatoms. The van der Waals surface area contributed by atoms with E-state index in [9.17, 15) is 9.90 Å². The van der Waals surface area contributed by atoms with Crippen LogP contribution in [0, 0.1) is 6.92 Å². The van der Waals surface area contributed by atoms with Crippen molar-refractivity contribution in [2.45, 2.75) is 13.3 Å². The predicted molar refractivity (Wildman–Crippen MR) is 137 cm³/mol. The van der Waals surface area contributed by atoms with Gasteiger partial charge in [0.15, 0.2) is 0 Å². The van der Waals surface area contributed by atoms with Gasteiger partial charge in [0.2, 0.25) is 0 Å². The molecule has 0 aliphatic rings. The zero-order valence-electron chi connectivity index (χ0n) is 18.2. The standard InChI is InChI=1S/C26H22ClN3O2S/c1-15-12-22-25(24(20(15)14-23(31)32)16-6-8-19(27)9-7-16)33-26(30-22)18-5-3-4-17(13-18)21(29-2)10-11-28/h3-13H,14,28H2,1-2H3,(H,31,32). The number of hydrogen-bond donors (Lipinski definition) is 2. The van der Waals surface area contributed by atoms with Gasteiger partial charge < -0.3 is 10.8 Å². The van der Waals surface area contributed by atoms with Crippen LogP contribution in [0.1, 0.15) is 16.7 Å². The number of aromatic nitrogens is 1. The summed E-state index contributed by atoms with van der Waals surface area (Å²) in [7, 11) is 1.73. The Kier molecular flexibility index (Phi) is 6.58. The van der Waals surface area contributed by atoms with Gasteiger partial charge in [0.25, 0.3) is 0 Å². The lowest BCUT2D eigenvalue weighted by Crippen LogP contribution is -2.04. The lowest BCUT2D eigenvalue weighted by Gasteiger charge is -2.13. The first kappa shape index (κ1) is 22.7. The van der Waals surface area contributed by atoms with E-state index < -0.39 is 5.97 Å². The Hall–Kier alpha value is -3.48. The summed E-state index contributed by atoms with van der Waals surface area (Å²) in [6.07, 6.45) is 3.17. The second-order valence-corrected chi connectivity index (χ2v) is 8.98. The summed E-state index contributed by atoms with van der Waals surface area (Å²) in [6, 6.07) is 17.4.